The molecule has 0 atom stereocenters. The first-order chi connectivity index (χ1) is 7.65. The molecule has 0 radical (unpaired) electrons. The maximum atomic E-state index is 11.2. The van der Waals surface area contributed by atoms with Gasteiger partial charge in [0, 0.05) is 0 Å². The molecule has 0 aromatic heterocycles. The molecular formula is C12H13BrO3. The Morgan fingerprint density at radius 1 is 1.38 bits per heavy atom. The van der Waals surface area contributed by atoms with Crippen LogP contribution in [0.2, 0.25) is 0 Å². The van der Waals surface area contributed by atoms with Crippen molar-refractivity contribution in [2.75, 3.05) is 7.11 Å². The van der Waals surface area contributed by atoms with Crippen molar-refractivity contribution in [3.63, 3.8) is 0 Å². The molecule has 0 aliphatic heterocycles. The van der Waals surface area contributed by atoms with E-state index in [4.69, 9.17) is 9.84 Å². The monoisotopic (exact) mass is 284 g/mol. The summed E-state index contributed by atoms with van der Waals surface area (Å²) >= 11 is 3.37. The number of benzene rings is 1. The minimum absolute atomic E-state index is 0.405. The topological polar surface area (TPSA) is 46.5 Å². The van der Waals surface area contributed by atoms with Crippen LogP contribution in [-0.2, 0) is 12.8 Å². The summed E-state index contributed by atoms with van der Waals surface area (Å²) in [6.07, 6.45) is 3.88. The molecule has 86 valence electrons. The third-order valence-electron chi connectivity index (χ3n) is 2.99. The molecule has 2 rings (SSSR count). The van der Waals surface area contributed by atoms with E-state index in [2.05, 4.69) is 15.9 Å². The van der Waals surface area contributed by atoms with E-state index in [1.165, 1.54) is 0 Å². The van der Waals surface area contributed by atoms with Gasteiger partial charge in [-0.1, -0.05) is 0 Å². The van der Waals surface area contributed by atoms with E-state index in [-0.39, 0.29) is 0 Å². The highest BCUT2D eigenvalue weighted by atomic mass is 79.9. The molecule has 0 heterocycles. The van der Waals surface area contributed by atoms with Crippen LogP contribution < -0.4 is 4.74 Å². The SMILES string of the molecule is COc1c(Br)cc(C(=O)O)c2c1CCCC2. The van der Waals surface area contributed by atoms with Gasteiger partial charge < -0.3 is 9.84 Å². The van der Waals surface area contributed by atoms with Gasteiger partial charge in [-0.25, -0.2) is 4.79 Å². The number of rotatable bonds is 2. The Labute approximate surface area is 103 Å². The minimum Gasteiger partial charge on any atom is -0.495 e. The summed E-state index contributed by atoms with van der Waals surface area (Å²) in [7, 11) is 1.62. The molecule has 1 aliphatic rings. The summed E-state index contributed by atoms with van der Waals surface area (Å²) in [6, 6.07) is 1.64. The van der Waals surface area contributed by atoms with E-state index in [1.54, 1.807) is 13.2 Å². The molecule has 1 aromatic rings. The predicted octanol–water partition coefficient (Wildman–Crippen LogP) is 3.03. The number of carbonyl (C=O) groups is 1. The number of hydrogen-bond donors (Lipinski definition) is 1. The lowest BCUT2D eigenvalue weighted by atomic mass is 9.87. The molecule has 3 nitrogen and oxygen atoms in total. The number of methoxy groups -OCH3 is 1. The zero-order chi connectivity index (χ0) is 11.7. The second-order valence-corrected chi connectivity index (χ2v) is 4.76. The van der Waals surface area contributed by atoms with Crippen LogP contribution in [0.4, 0.5) is 0 Å². The Morgan fingerprint density at radius 2 is 2.00 bits per heavy atom. The second kappa shape index (κ2) is 4.45. The zero-order valence-electron chi connectivity index (χ0n) is 9.05. The van der Waals surface area contributed by atoms with Gasteiger partial charge in [0.05, 0.1) is 17.1 Å². The normalized spacial score (nSPS) is 14.4. The van der Waals surface area contributed by atoms with Gasteiger partial charge in [-0.3, -0.25) is 0 Å². The highest BCUT2D eigenvalue weighted by molar-refractivity contribution is 9.10. The number of ether oxygens (including phenoxy) is 1. The van der Waals surface area contributed by atoms with Crippen LogP contribution in [0.25, 0.3) is 0 Å². The van der Waals surface area contributed by atoms with Gasteiger partial charge in [0.25, 0.3) is 0 Å². The molecule has 0 spiro atoms. The van der Waals surface area contributed by atoms with E-state index in [9.17, 15) is 4.79 Å². The van der Waals surface area contributed by atoms with E-state index < -0.39 is 5.97 Å². The van der Waals surface area contributed by atoms with Gasteiger partial charge in [-0.05, 0) is 58.8 Å². The first-order valence-electron chi connectivity index (χ1n) is 5.26. The van der Waals surface area contributed by atoms with Gasteiger partial charge in [-0.15, -0.1) is 0 Å². The fourth-order valence-electron chi connectivity index (χ4n) is 2.29. The van der Waals surface area contributed by atoms with Gasteiger partial charge in [0.15, 0.2) is 0 Å². The molecule has 0 amide bonds. The van der Waals surface area contributed by atoms with Gasteiger partial charge in [0.1, 0.15) is 5.75 Å². The lowest BCUT2D eigenvalue weighted by Gasteiger charge is -2.21. The number of aromatic carboxylic acids is 1. The maximum absolute atomic E-state index is 11.2. The molecule has 0 unspecified atom stereocenters. The summed E-state index contributed by atoms with van der Waals surface area (Å²) in [4.78, 5) is 11.2. The Kier molecular flexibility index (Phi) is 3.19. The van der Waals surface area contributed by atoms with Crippen molar-refractivity contribution >= 4 is 21.9 Å². The van der Waals surface area contributed by atoms with Gasteiger partial charge in [0.2, 0.25) is 0 Å². The molecule has 0 bridgehead atoms. The van der Waals surface area contributed by atoms with E-state index in [1.807, 2.05) is 0 Å². The molecule has 0 saturated carbocycles. The van der Waals surface area contributed by atoms with Crippen molar-refractivity contribution in [2.24, 2.45) is 0 Å². The van der Waals surface area contributed by atoms with E-state index >= 15 is 0 Å². The van der Waals surface area contributed by atoms with Crippen molar-refractivity contribution in [2.45, 2.75) is 25.7 Å². The quantitative estimate of drug-likeness (QED) is 0.908. The Balaban J connectivity index is 2.67. The van der Waals surface area contributed by atoms with Crippen molar-refractivity contribution in [3.05, 3.63) is 27.2 Å². The van der Waals surface area contributed by atoms with Crippen LogP contribution in [0.1, 0.15) is 34.3 Å². The summed E-state index contributed by atoms with van der Waals surface area (Å²) in [5.41, 5.74) is 2.40. The predicted molar refractivity (Wildman–Crippen MR) is 64.3 cm³/mol. The largest absolute Gasteiger partial charge is 0.495 e. The van der Waals surface area contributed by atoms with Crippen LogP contribution in [0.15, 0.2) is 10.5 Å². The minimum atomic E-state index is -0.860. The highest BCUT2D eigenvalue weighted by Gasteiger charge is 2.23. The molecular weight excluding hydrogens is 272 g/mol. The maximum Gasteiger partial charge on any atom is 0.336 e. The Morgan fingerprint density at radius 3 is 2.56 bits per heavy atom. The van der Waals surface area contributed by atoms with Crippen LogP contribution in [-0.4, -0.2) is 18.2 Å². The smallest absolute Gasteiger partial charge is 0.336 e. The van der Waals surface area contributed by atoms with Crippen LogP contribution >= 0.6 is 15.9 Å². The van der Waals surface area contributed by atoms with Gasteiger partial charge >= 0.3 is 5.97 Å². The van der Waals surface area contributed by atoms with Crippen LogP contribution in [0.3, 0.4) is 0 Å². The fraction of sp³-hybridized carbons (Fsp3) is 0.417. The van der Waals surface area contributed by atoms with Crippen molar-refractivity contribution in [1.29, 1.82) is 0 Å². The third kappa shape index (κ3) is 1.82. The molecule has 16 heavy (non-hydrogen) atoms. The van der Waals surface area contributed by atoms with Gasteiger partial charge in [-0.2, -0.15) is 0 Å². The Bertz CT molecular complexity index is 440. The first-order valence-corrected chi connectivity index (χ1v) is 6.06. The molecule has 0 saturated heterocycles. The van der Waals surface area contributed by atoms with Crippen molar-refractivity contribution in [1.82, 2.24) is 0 Å². The average Bonchev–Trinajstić information content (AvgIpc) is 2.28. The fourth-order valence-corrected chi connectivity index (χ4v) is 2.92. The zero-order valence-corrected chi connectivity index (χ0v) is 10.6. The highest BCUT2D eigenvalue weighted by Crippen LogP contribution is 2.38. The number of carboxylic acids is 1. The Hall–Kier alpha value is -1.03. The van der Waals surface area contributed by atoms with Crippen molar-refractivity contribution in [3.8, 4) is 5.75 Å². The van der Waals surface area contributed by atoms with Crippen LogP contribution in [0, 0.1) is 0 Å². The lowest BCUT2D eigenvalue weighted by Crippen LogP contribution is -2.12. The summed E-state index contributed by atoms with van der Waals surface area (Å²) < 4.78 is 6.07. The number of halogens is 1. The lowest BCUT2D eigenvalue weighted by molar-refractivity contribution is 0.0695. The second-order valence-electron chi connectivity index (χ2n) is 3.91. The molecule has 1 aromatic carbocycles. The molecule has 4 heteroatoms. The molecule has 0 fully saturated rings. The summed E-state index contributed by atoms with van der Waals surface area (Å²) in [6.45, 7) is 0. The average molecular weight is 285 g/mol. The number of carboxylic acid groups (broad SMARTS) is 1. The van der Waals surface area contributed by atoms with E-state index in [0.29, 0.717) is 5.56 Å². The molecule has 1 aliphatic carbocycles. The number of hydrogen-bond acceptors (Lipinski definition) is 2. The standard InChI is InChI=1S/C12H13BrO3/c1-16-11-8-5-3-2-4-7(8)9(12(14)15)6-10(11)13/h6H,2-5H2,1H3,(H,14,15). The first kappa shape index (κ1) is 11.5. The van der Waals surface area contributed by atoms with E-state index in [0.717, 1.165) is 47.0 Å². The number of fused-ring (bicyclic) bond motifs is 1. The molecule has 1 N–H and O–H groups in total. The van der Waals surface area contributed by atoms with Crippen molar-refractivity contribution < 1.29 is 14.6 Å². The third-order valence-corrected chi connectivity index (χ3v) is 3.58. The van der Waals surface area contributed by atoms with Crippen LogP contribution in [0.5, 0.6) is 5.75 Å². The summed E-state index contributed by atoms with van der Waals surface area (Å²) in [5, 5.41) is 9.17. The summed E-state index contributed by atoms with van der Waals surface area (Å²) in [5.74, 6) is -0.0683.